The van der Waals surface area contributed by atoms with Crippen LogP contribution in [0, 0.1) is 23.7 Å². The summed E-state index contributed by atoms with van der Waals surface area (Å²) in [5.41, 5.74) is 6.79. The van der Waals surface area contributed by atoms with Gasteiger partial charge in [0.1, 0.15) is 0 Å². The zero-order chi connectivity index (χ0) is 23.3. The van der Waals surface area contributed by atoms with Gasteiger partial charge in [0.15, 0.2) is 0 Å². The van der Waals surface area contributed by atoms with Gasteiger partial charge in [-0.2, -0.15) is 0 Å². The second kappa shape index (κ2) is 10.9. The van der Waals surface area contributed by atoms with Gasteiger partial charge in [-0.25, -0.2) is 0 Å². The first-order chi connectivity index (χ1) is 16.7. The number of hydrogen-bond donors (Lipinski definition) is 1. The smallest absolute Gasteiger partial charge is 0.258 e. The Hall–Kier alpha value is -2.43. The maximum absolute atomic E-state index is 13.9. The monoisotopic (exact) mass is 458 g/mol. The molecule has 2 N–H and O–H groups in total. The summed E-state index contributed by atoms with van der Waals surface area (Å²) >= 11 is 0. The summed E-state index contributed by atoms with van der Waals surface area (Å²) in [5.74, 6) is 2.35. The topological polar surface area (TPSA) is 55.6 Å². The van der Waals surface area contributed by atoms with E-state index in [9.17, 15) is 4.79 Å². The van der Waals surface area contributed by atoms with E-state index in [0.717, 1.165) is 61.7 Å². The minimum atomic E-state index is 0.101. The van der Waals surface area contributed by atoms with E-state index in [1.54, 1.807) is 0 Å². The molecular weight excluding hydrogens is 420 g/mol. The van der Waals surface area contributed by atoms with Crippen molar-refractivity contribution in [2.24, 2.45) is 29.4 Å². The molecule has 2 aliphatic carbocycles. The Kier molecular flexibility index (Phi) is 7.46. The molecule has 0 bridgehead atoms. The van der Waals surface area contributed by atoms with E-state index in [1.807, 2.05) is 29.2 Å². The highest BCUT2D eigenvalue weighted by molar-refractivity contribution is 6.07. The van der Waals surface area contributed by atoms with Crippen molar-refractivity contribution in [2.75, 3.05) is 19.7 Å². The lowest BCUT2D eigenvalue weighted by Gasteiger charge is -2.32. The number of allylic oxidation sites excluding steroid dienone is 2. The van der Waals surface area contributed by atoms with Crippen molar-refractivity contribution >= 4 is 16.7 Å². The molecule has 4 heteroatoms. The third-order valence-electron chi connectivity index (χ3n) is 8.24. The van der Waals surface area contributed by atoms with Crippen molar-refractivity contribution in [1.82, 2.24) is 4.90 Å². The van der Waals surface area contributed by atoms with Crippen LogP contribution in [0.25, 0.3) is 10.8 Å². The van der Waals surface area contributed by atoms with Gasteiger partial charge in [0.2, 0.25) is 0 Å². The van der Waals surface area contributed by atoms with E-state index < -0.39 is 0 Å². The summed E-state index contributed by atoms with van der Waals surface area (Å²) < 4.78 is 6.06. The minimum Gasteiger partial charge on any atom is -0.377 e. The summed E-state index contributed by atoms with van der Waals surface area (Å²) in [4.78, 5) is 15.8. The second-order valence-electron chi connectivity index (χ2n) is 10.5. The van der Waals surface area contributed by atoms with E-state index >= 15 is 0 Å². The van der Waals surface area contributed by atoms with Crippen LogP contribution >= 0.6 is 0 Å². The zero-order valence-corrected chi connectivity index (χ0v) is 20.1. The first-order valence-corrected chi connectivity index (χ1v) is 13.1. The normalized spacial score (nSPS) is 28.9. The number of amides is 1. The highest BCUT2D eigenvalue weighted by atomic mass is 16.5. The fourth-order valence-corrected chi connectivity index (χ4v) is 6.31. The van der Waals surface area contributed by atoms with E-state index in [2.05, 4.69) is 42.6 Å². The van der Waals surface area contributed by atoms with E-state index in [4.69, 9.17) is 10.5 Å². The molecule has 2 aromatic carbocycles. The first-order valence-electron chi connectivity index (χ1n) is 13.1. The molecule has 1 heterocycles. The van der Waals surface area contributed by atoms with Crippen LogP contribution in [0.2, 0.25) is 0 Å². The molecule has 180 valence electrons. The summed E-state index contributed by atoms with van der Waals surface area (Å²) in [5, 5.41) is 2.13. The van der Waals surface area contributed by atoms with Crippen LogP contribution in [-0.4, -0.2) is 36.6 Å². The maximum Gasteiger partial charge on any atom is 0.258 e. The molecule has 2 aromatic rings. The number of benzene rings is 2. The van der Waals surface area contributed by atoms with Gasteiger partial charge in [0, 0.05) is 18.3 Å². The van der Waals surface area contributed by atoms with E-state index in [1.165, 1.54) is 19.3 Å². The highest BCUT2D eigenvalue weighted by Gasteiger charge is 2.36. The number of carbonyl (C=O) groups is 1. The molecule has 1 aliphatic heterocycles. The summed E-state index contributed by atoms with van der Waals surface area (Å²) in [6.07, 6.45) is 17.1. The molecular formula is C30H38N2O2. The predicted molar refractivity (Wildman–Crippen MR) is 138 cm³/mol. The van der Waals surface area contributed by atoms with Gasteiger partial charge >= 0.3 is 0 Å². The van der Waals surface area contributed by atoms with E-state index in [0.29, 0.717) is 29.8 Å². The standard InChI is InChI=1S/C30H38N2O2/c31-19-22-8-5-9-23(18-22)20-32(17-7-12-25-21-34-29-16-4-3-14-27(25)29)30(33)28-15-6-11-24-10-1-2-13-26(24)28/h1-4,6-7,10-11,13,15,17,22-23,25,27,29H,5,8-9,12,14,16,18-21,31H2/b17-7-. The van der Waals surface area contributed by atoms with Gasteiger partial charge in [-0.3, -0.25) is 4.79 Å². The van der Waals surface area contributed by atoms with Crippen LogP contribution < -0.4 is 5.73 Å². The van der Waals surface area contributed by atoms with Crippen LogP contribution in [0.15, 0.2) is 66.9 Å². The van der Waals surface area contributed by atoms with Crippen molar-refractivity contribution in [3.8, 4) is 0 Å². The van der Waals surface area contributed by atoms with Gasteiger partial charge in [-0.1, -0.05) is 61.0 Å². The molecule has 5 unspecified atom stereocenters. The lowest BCUT2D eigenvalue weighted by molar-refractivity contribution is 0.0785. The molecule has 34 heavy (non-hydrogen) atoms. The number of ether oxygens (including phenoxy) is 1. The lowest BCUT2D eigenvalue weighted by Crippen LogP contribution is -2.34. The Morgan fingerprint density at radius 1 is 1.06 bits per heavy atom. The fraction of sp³-hybridized carbons (Fsp3) is 0.500. The summed E-state index contributed by atoms with van der Waals surface area (Å²) in [6.45, 7) is 2.35. The van der Waals surface area contributed by atoms with Gasteiger partial charge in [-0.05, 0) is 85.6 Å². The maximum atomic E-state index is 13.9. The molecule has 0 spiro atoms. The van der Waals surface area contributed by atoms with Crippen molar-refractivity contribution in [3.63, 3.8) is 0 Å². The molecule has 3 aliphatic rings. The van der Waals surface area contributed by atoms with Crippen molar-refractivity contribution < 1.29 is 9.53 Å². The average molecular weight is 459 g/mol. The Labute approximate surface area is 203 Å². The van der Waals surface area contributed by atoms with Gasteiger partial charge in [0.05, 0.1) is 12.7 Å². The Morgan fingerprint density at radius 3 is 2.79 bits per heavy atom. The number of nitrogens with zero attached hydrogens (tertiary/aromatic N) is 1. The fourth-order valence-electron chi connectivity index (χ4n) is 6.31. The molecule has 0 aromatic heterocycles. The predicted octanol–water partition coefficient (Wildman–Crippen LogP) is 5.93. The summed E-state index contributed by atoms with van der Waals surface area (Å²) in [6, 6.07) is 14.2. The van der Waals surface area contributed by atoms with Gasteiger partial charge in [-0.15, -0.1) is 0 Å². The molecule has 2 fully saturated rings. The zero-order valence-electron chi connectivity index (χ0n) is 20.1. The number of carbonyl (C=O) groups excluding carboxylic acids is 1. The van der Waals surface area contributed by atoms with Crippen LogP contribution in [0.5, 0.6) is 0 Å². The van der Waals surface area contributed by atoms with Crippen molar-refractivity contribution in [3.05, 3.63) is 72.5 Å². The number of rotatable bonds is 7. The largest absolute Gasteiger partial charge is 0.377 e. The number of nitrogens with two attached hydrogens (primary N) is 1. The molecule has 1 saturated carbocycles. The molecule has 4 nitrogen and oxygen atoms in total. The van der Waals surface area contributed by atoms with Crippen LogP contribution in [0.4, 0.5) is 0 Å². The third-order valence-corrected chi connectivity index (χ3v) is 8.24. The average Bonchev–Trinajstić information content (AvgIpc) is 3.30. The molecule has 0 radical (unpaired) electrons. The van der Waals surface area contributed by atoms with Crippen molar-refractivity contribution in [1.29, 1.82) is 0 Å². The SMILES string of the molecule is NCC1CCCC(CN(/C=C\CC2COC3CC=CCC23)C(=O)c2cccc3ccccc23)C1. The van der Waals surface area contributed by atoms with Crippen LogP contribution in [0.3, 0.4) is 0 Å². The Balaban J connectivity index is 1.35. The van der Waals surface area contributed by atoms with Crippen LogP contribution in [0.1, 0.15) is 55.3 Å². The summed E-state index contributed by atoms with van der Waals surface area (Å²) in [7, 11) is 0. The Morgan fingerprint density at radius 2 is 1.88 bits per heavy atom. The molecule has 5 atom stereocenters. The quantitative estimate of drug-likeness (QED) is 0.523. The Bertz CT molecular complexity index is 1040. The van der Waals surface area contributed by atoms with Crippen LogP contribution in [-0.2, 0) is 4.74 Å². The highest BCUT2D eigenvalue weighted by Crippen LogP contribution is 2.37. The first kappa shape index (κ1) is 23.3. The minimum absolute atomic E-state index is 0.101. The number of fused-ring (bicyclic) bond motifs is 2. The van der Waals surface area contributed by atoms with Crippen molar-refractivity contribution in [2.45, 2.75) is 51.0 Å². The lowest BCUT2D eigenvalue weighted by atomic mass is 9.81. The van der Waals surface area contributed by atoms with Gasteiger partial charge < -0.3 is 15.4 Å². The molecule has 1 amide bonds. The molecule has 1 saturated heterocycles. The van der Waals surface area contributed by atoms with Gasteiger partial charge in [0.25, 0.3) is 5.91 Å². The second-order valence-corrected chi connectivity index (χ2v) is 10.5. The third kappa shape index (κ3) is 5.13. The number of hydrogen-bond acceptors (Lipinski definition) is 3. The van der Waals surface area contributed by atoms with E-state index in [-0.39, 0.29) is 5.91 Å². The molecule has 5 rings (SSSR count).